The molecule has 0 saturated carbocycles. The van der Waals surface area contributed by atoms with Crippen LogP contribution in [0.2, 0.25) is 0 Å². The number of hydrogen-bond acceptors (Lipinski definition) is 4. The molecule has 0 spiro atoms. The van der Waals surface area contributed by atoms with Crippen molar-refractivity contribution in [1.82, 2.24) is 19.5 Å². The molecular formula is C20H23BrN4O2S. The number of nitrogens with zero attached hydrogens (tertiary/aromatic N) is 3. The highest BCUT2D eigenvalue weighted by Crippen LogP contribution is 2.29. The molecule has 8 heteroatoms. The van der Waals surface area contributed by atoms with Crippen molar-refractivity contribution < 1.29 is 8.42 Å². The lowest BCUT2D eigenvalue weighted by atomic mass is 10.0. The fraction of sp³-hybridized carbons (Fsp3) is 0.300. The first-order chi connectivity index (χ1) is 13.0. The molecule has 1 aromatic heterocycles. The van der Waals surface area contributed by atoms with Gasteiger partial charge in [-0.15, -0.1) is 0 Å². The highest BCUT2D eigenvalue weighted by molar-refractivity contribution is 9.10. The molecule has 0 atom stereocenters. The zero-order valence-corrected chi connectivity index (χ0v) is 18.7. The van der Waals surface area contributed by atoms with Crippen molar-refractivity contribution in [2.75, 3.05) is 0 Å². The molecule has 0 unspecified atom stereocenters. The molecule has 6 nitrogen and oxygen atoms in total. The van der Waals surface area contributed by atoms with Gasteiger partial charge in [0.15, 0.2) is 4.73 Å². The van der Waals surface area contributed by atoms with E-state index in [2.05, 4.69) is 30.7 Å². The van der Waals surface area contributed by atoms with E-state index in [-0.39, 0.29) is 4.90 Å². The molecule has 3 aromatic rings. The number of aryl methyl sites for hydroxylation is 1. The third-order valence-corrected chi connectivity index (χ3v) is 6.46. The van der Waals surface area contributed by atoms with Crippen LogP contribution in [0.25, 0.3) is 11.1 Å². The Morgan fingerprint density at radius 2 is 1.79 bits per heavy atom. The van der Waals surface area contributed by atoms with Crippen LogP contribution in [0.5, 0.6) is 0 Å². The molecule has 28 heavy (non-hydrogen) atoms. The van der Waals surface area contributed by atoms with Crippen molar-refractivity contribution in [1.29, 1.82) is 0 Å². The van der Waals surface area contributed by atoms with Gasteiger partial charge in [0.25, 0.3) is 0 Å². The maximum absolute atomic E-state index is 12.9. The van der Waals surface area contributed by atoms with E-state index in [1.807, 2.05) is 64.1 Å². The number of aromatic nitrogens is 3. The van der Waals surface area contributed by atoms with Gasteiger partial charge in [0, 0.05) is 11.1 Å². The van der Waals surface area contributed by atoms with Gasteiger partial charge in [-0.05, 0) is 60.8 Å². The van der Waals surface area contributed by atoms with Crippen molar-refractivity contribution in [3.05, 3.63) is 64.7 Å². The summed E-state index contributed by atoms with van der Waals surface area (Å²) >= 11 is 3.35. The van der Waals surface area contributed by atoms with Crippen LogP contribution in [0.3, 0.4) is 0 Å². The predicted molar refractivity (Wildman–Crippen MR) is 114 cm³/mol. The standard InChI is InChI=1S/C20H23BrN4O2S/c1-14-5-10-18(28(26,27)24-20(2,3)4)17(11-14)16-8-6-15(7-9-16)12-25-19(21)22-13-23-25/h5-11,13,24H,12H2,1-4H3. The van der Waals surface area contributed by atoms with Gasteiger partial charge in [0.2, 0.25) is 10.0 Å². The Kier molecular flexibility index (Phi) is 5.74. The highest BCUT2D eigenvalue weighted by Gasteiger charge is 2.25. The summed E-state index contributed by atoms with van der Waals surface area (Å²) in [6.45, 7) is 8.01. The maximum Gasteiger partial charge on any atom is 0.241 e. The van der Waals surface area contributed by atoms with Crippen molar-refractivity contribution in [3.63, 3.8) is 0 Å². The van der Waals surface area contributed by atoms with Gasteiger partial charge in [-0.2, -0.15) is 5.10 Å². The molecule has 0 radical (unpaired) electrons. The van der Waals surface area contributed by atoms with Crippen molar-refractivity contribution in [3.8, 4) is 11.1 Å². The summed E-state index contributed by atoms with van der Waals surface area (Å²) in [6, 6.07) is 13.2. The van der Waals surface area contributed by atoms with Gasteiger partial charge in [-0.1, -0.05) is 42.0 Å². The smallest absolute Gasteiger partial charge is 0.236 e. The minimum absolute atomic E-state index is 0.278. The number of sulfonamides is 1. The predicted octanol–water partition coefficient (Wildman–Crippen LogP) is 4.14. The monoisotopic (exact) mass is 462 g/mol. The summed E-state index contributed by atoms with van der Waals surface area (Å²) in [4.78, 5) is 4.33. The fourth-order valence-electron chi connectivity index (χ4n) is 2.88. The quantitative estimate of drug-likeness (QED) is 0.617. The molecule has 2 aromatic carbocycles. The molecule has 0 aliphatic carbocycles. The van der Waals surface area contributed by atoms with E-state index in [4.69, 9.17) is 0 Å². The molecule has 0 saturated heterocycles. The van der Waals surface area contributed by atoms with Crippen molar-refractivity contribution >= 4 is 26.0 Å². The lowest BCUT2D eigenvalue weighted by molar-refractivity contribution is 0.491. The van der Waals surface area contributed by atoms with Gasteiger partial charge in [-0.25, -0.2) is 22.8 Å². The van der Waals surface area contributed by atoms with Crippen LogP contribution >= 0.6 is 15.9 Å². The van der Waals surface area contributed by atoms with Crippen LogP contribution in [0.1, 0.15) is 31.9 Å². The van der Waals surface area contributed by atoms with E-state index >= 15 is 0 Å². The number of hydrogen-bond donors (Lipinski definition) is 1. The lowest BCUT2D eigenvalue weighted by Gasteiger charge is -2.22. The summed E-state index contributed by atoms with van der Waals surface area (Å²) in [5.74, 6) is 0. The highest BCUT2D eigenvalue weighted by atomic mass is 79.9. The van der Waals surface area contributed by atoms with Crippen molar-refractivity contribution in [2.45, 2.75) is 44.7 Å². The molecule has 1 N–H and O–H groups in total. The van der Waals surface area contributed by atoms with E-state index in [0.717, 1.165) is 16.7 Å². The van der Waals surface area contributed by atoms with E-state index in [1.165, 1.54) is 6.33 Å². The normalized spacial score (nSPS) is 12.3. The van der Waals surface area contributed by atoms with Crippen LogP contribution in [-0.4, -0.2) is 28.7 Å². The van der Waals surface area contributed by atoms with Crippen LogP contribution in [0.15, 0.2) is 58.4 Å². The largest absolute Gasteiger partial charge is 0.241 e. The van der Waals surface area contributed by atoms with E-state index in [1.54, 1.807) is 10.7 Å². The van der Waals surface area contributed by atoms with E-state index < -0.39 is 15.6 Å². The molecular weight excluding hydrogens is 440 g/mol. The minimum Gasteiger partial charge on any atom is -0.236 e. The number of rotatable bonds is 5. The third kappa shape index (κ3) is 4.87. The van der Waals surface area contributed by atoms with Crippen LogP contribution in [-0.2, 0) is 16.6 Å². The van der Waals surface area contributed by atoms with Gasteiger partial charge >= 0.3 is 0 Å². The number of nitrogens with one attached hydrogen (secondary N) is 1. The van der Waals surface area contributed by atoms with Gasteiger partial charge < -0.3 is 0 Å². The topological polar surface area (TPSA) is 76.9 Å². The Labute approximate surface area is 174 Å². The van der Waals surface area contributed by atoms with Gasteiger partial charge in [-0.3, -0.25) is 0 Å². The molecule has 1 heterocycles. The Balaban J connectivity index is 1.97. The first-order valence-corrected chi connectivity index (χ1v) is 11.1. The second-order valence-corrected chi connectivity index (χ2v) is 10.1. The molecule has 3 rings (SSSR count). The molecule has 0 aliphatic heterocycles. The van der Waals surface area contributed by atoms with Crippen LogP contribution < -0.4 is 4.72 Å². The summed E-state index contributed by atoms with van der Waals surface area (Å²) in [7, 11) is -3.65. The lowest BCUT2D eigenvalue weighted by Crippen LogP contribution is -2.40. The number of benzene rings is 2. The molecule has 0 bridgehead atoms. The second kappa shape index (κ2) is 7.77. The van der Waals surface area contributed by atoms with Gasteiger partial charge in [0.05, 0.1) is 11.4 Å². The summed E-state index contributed by atoms with van der Waals surface area (Å²) in [5.41, 5.74) is 3.01. The second-order valence-electron chi connectivity index (χ2n) is 7.74. The molecule has 0 amide bonds. The first kappa shape index (κ1) is 20.7. The number of halogens is 1. The Morgan fingerprint density at radius 1 is 1.11 bits per heavy atom. The molecule has 0 fully saturated rings. The SMILES string of the molecule is Cc1ccc(S(=O)(=O)NC(C)(C)C)c(-c2ccc(Cn3ncnc3Br)cc2)c1. The van der Waals surface area contributed by atoms with Gasteiger partial charge in [0.1, 0.15) is 6.33 Å². The Morgan fingerprint density at radius 3 is 2.36 bits per heavy atom. The third-order valence-electron chi connectivity index (χ3n) is 4.03. The summed E-state index contributed by atoms with van der Waals surface area (Å²) in [6.07, 6.45) is 1.49. The zero-order chi connectivity index (χ0) is 20.5. The van der Waals surface area contributed by atoms with Crippen LogP contribution in [0.4, 0.5) is 0 Å². The fourth-order valence-corrected chi connectivity index (χ4v) is 4.82. The Bertz CT molecular complexity index is 1080. The Hall–Kier alpha value is -2.03. The minimum atomic E-state index is -3.65. The summed E-state index contributed by atoms with van der Waals surface area (Å²) < 4.78 is 31.0. The first-order valence-electron chi connectivity index (χ1n) is 8.82. The average Bonchev–Trinajstić information content (AvgIpc) is 2.98. The van der Waals surface area contributed by atoms with Crippen LogP contribution in [0, 0.1) is 6.92 Å². The summed E-state index contributed by atoms with van der Waals surface area (Å²) in [5, 5.41) is 4.15. The maximum atomic E-state index is 12.9. The van der Waals surface area contributed by atoms with Crippen molar-refractivity contribution in [2.24, 2.45) is 0 Å². The van der Waals surface area contributed by atoms with E-state index in [0.29, 0.717) is 16.8 Å². The molecule has 0 aliphatic rings. The average molecular weight is 463 g/mol. The molecule has 148 valence electrons. The van der Waals surface area contributed by atoms with E-state index in [9.17, 15) is 8.42 Å². The zero-order valence-electron chi connectivity index (χ0n) is 16.3.